The van der Waals surface area contributed by atoms with Gasteiger partial charge < -0.3 is 10.2 Å². The van der Waals surface area contributed by atoms with Gasteiger partial charge in [0, 0.05) is 12.6 Å². The Kier molecular flexibility index (Phi) is 10.5. The molecule has 0 aliphatic carbocycles. The van der Waals surface area contributed by atoms with E-state index in [9.17, 15) is 22.4 Å². The summed E-state index contributed by atoms with van der Waals surface area (Å²) in [4.78, 5) is 28.4. The molecule has 0 aliphatic heterocycles. The van der Waals surface area contributed by atoms with Crippen LogP contribution in [-0.4, -0.2) is 50.3 Å². The van der Waals surface area contributed by atoms with Crippen LogP contribution in [0.5, 0.6) is 0 Å². The zero-order chi connectivity index (χ0) is 28.6. The van der Waals surface area contributed by atoms with Crippen molar-refractivity contribution in [3.63, 3.8) is 0 Å². The highest BCUT2D eigenvalue weighted by Gasteiger charge is 2.33. The van der Waals surface area contributed by atoms with Crippen LogP contribution in [0.2, 0.25) is 5.02 Å². The molecule has 0 bridgehead atoms. The van der Waals surface area contributed by atoms with Crippen LogP contribution in [0, 0.1) is 5.82 Å². The smallest absolute Gasteiger partial charge is 0.264 e. The number of benzene rings is 3. The van der Waals surface area contributed by atoms with Gasteiger partial charge in [0.05, 0.1) is 15.6 Å². The van der Waals surface area contributed by atoms with Crippen LogP contribution in [0.3, 0.4) is 0 Å². The summed E-state index contributed by atoms with van der Waals surface area (Å²) in [7, 11) is -4.25. The van der Waals surface area contributed by atoms with Crippen LogP contribution < -0.4 is 9.62 Å². The predicted octanol–water partition coefficient (Wildman–Crippen LogP) is 5.05. The van der Waals surface area contributed by atoms with E-state index in [1.54, 1.807) is 25.1 Å². The van der Waals surface area contributed by atoms with Crippen molar-refractivity contribution in [1.82, 2.24) is 10.2 Å². The summed E-state index contributed by atoms with van der Waals surface area (Å²) in [6.07, 6.45) is 0.790. The molecule has 39 heavy (non-hydrogen) atoms. The van der Waals surface area contributed by atoms with Crippen molar-refractivity contribution >= 4 is 39.1 Å². The van der Waals surface area contributed by atoms with Crippen molar-refractivity contribution in [3.8, 4) is 0 Å². The summed E-state index contributed by atoms with van der Waals surface area (Å²) in [5.41, 5.74) is 0.995. The van der Waals surface area contributed by atoms with E-state index in [1.807, 2.05) is 44.2 Å². The fourth-order valence-electron chi connectivity index (χ4n) is 4.17. The Labute approximate surface area is 234 Å². The zero-order valence-corrected chi connectivity index (χ0v) is 23.8. The molecule has 3 aromatic carbocycles. The minimum atomic E-state index is -4.25. The lowest BCUT2D eigenvalue weighted by Gasteiger charge is -2.33. The maximum atomic E-state index is 14.0. The predicted molar refractivity (Wildman–Crippen MR) is 152 cm³/mol. The van der Waals surface area contributed by atoms with Gasteiger partial charge in [0.25, 0.3) is 10.0 Å². The summed E-state index contributed by atoms with van der Waals surface area (Å²) in [6.45, 7) is 5.03. The Morgan fingerprint density at radius 1 is 0.974 bits per heavy atom. The molecule has 1 N–H and O–H groups in total. The molecule has 7 nitrogen and oxygen atoms in total. The van der Waals surface area contributed by atoms with Crippen molar-refractivity contribution in [3.05, 3.63) is 95.3 Å². The standard InChI is InChI=1S/C29H33ClFN3O4S/c1-4-27(29(36)32-21(2)3)33(18-17-22-11-7-5-8-12-22)28(35)20-34(23-15-16-26(31)25(30)19-23)39(37,38)24-13-9-6-10-14-24/h5-16,19,21,27H,4,17-18,20H2,1-3H3,(H,32,36)/t27-/m0/s1. The Hall–Kier alpha value is -3.43. The summed E-state index contributed by atoms with van der Waals surface area (Å²) in [5.74, 6) is -1.61. The first-order chi connectivity index (χ1) is 18.5. The van der Waals surface area contributed by atoms with Crippen molar-refractivity contribution in [2.45, 2.75) is 50.6 Å². The molecule has 0 aliphatic rings. The third-order valence-corrected chi connectivity index (χ3v) is 8.18. The molecule has 10 heteroatoms. The highest BCUT2D eigenvalue weighted by molar-refractivity contribution is 7.92. The normalized spacial score (nSPS) is 12.2. The van der Waals surface area contributed by atoms with E-state index in [2.05, 4.69) is 5.32 Å². The molecule has 1 atom stereocenters. The van der Waals surface area contributed by atoms with Crippen molar-refractivity contribution < 1.29 is 22.4 Å². The topological polar surface area (TPSA) is 86.8 Å². The molecular weight excluding hydrogens is 541 g/mol. The fourth-order valence-corrected chi connectivity index (χ4v) is 5.77. The fraction of sp³-hybridized carbons (Fsp3) is 0.310. The van der Waals surface area contributed by atoms with Crippen LogP contribution in [0.4, 0.5) is 10.1 Å². The molecule has 0 saturated heterocycles. The average molecular weight is 574 g/mol. The molecule has 0 fully saturated rings. The minimum Gasteiger partial charge on any atom is -0.352 e. The summed E-state index contributed by atoms with van der Waals surface area (Å²) in [5, 5.41) is 2.58. The Bertz CT molecular complexity index is 1370. The Morgan fingerprint density at radius 3 is 2.15 bits per heavy atom. The van der Waals surface area contributed by atoms with Gasteiger partial charge in [-0.2, -0.15) is 0 Å². The highest BCUT2D eigenvalue weighted by atomic mass is 35.5. The van der Waals surface area contributed by atoms with Gasteiger partial charge in [-0.05, 0) is 62.6 Å². The number of carbonyl (C=O) groups is 2. The molecular formula is C29H33ClFN3O4S. The maximum absolute atomic E-state index is 14.0. The first-order valence-electron chi connectivity index (χ1n) is 12.7. The first-order valence-corrected chi connectivity index (χ1v) is 14.5. The van der Waals surface area contributed by atoms with E-state index < -0.39 is 34.3 Å². The van der Waals surface area contributed by atoms with Gasteiger partial charge in [0.1, 0.15) is 18.4 Å². The molecule has 3 aromatic rings. The molecule has 0 aromatic heterocycles. The van der Waals surface area contributed by atoms with Crippen LogP contribution in [0.25, 0.3) is 0 Å². The van der Waals surface area contributed by atoms with E-state index in [4.69, 9.17) is 11.6 Å². The van der Waals surface area contributed by atoms with Crippen molar-refractivity contribution in [2.75, 3.05) is 17.4 Å². The van der Waals surface area contributed by atoms with Gasteiger partial charge in [0.15, 0.2) is 0 Å². The molecule has 3 rings (SSSR count). The highest BCUT2D eigenvalue weighted by Crippen LogP contribution is 2.28. The van der Waals surface area contributed by atoms with Gasteiger partial charge >= 0.3 is 0 Å². The van der Waals surface area contributed by atoms with Crippen molar-refractivity contribution in [2.24, 2.45) is 0 Å². The second kappa shape index (κ2) is 13.6. The third kappa shape index (κ3) is 7.80. The monoisotopic (exact) mass is 573 g/mol. The summed E-state index contributed by atoms with van der Waals surface area (Å²) in [6, 6.07) is 19.7. The van der Waals surface area contributed by atoms with E-state index >= 15 is 0 Å². The van der Waals surface area contributed by atoms with Gasteiger partial charge in [-0.15, -0.1) is 0 Å². The Balaban J connectivity index is 2.02. The number of carbonyl (C=O) groups excluding carboxylic acids is 2. The largest absolute Gasteiger partial charge is 0.352 e. The lowest BCUT2D eigenvalue weighted by molar-refractivity contribution is -0.139. The van der Waals surface area contributed by atoms with Gasteiger partial charge in [-0.3, -0.25) is 13.9 Å². The molecule has 0 spiro atoms. The van der Waals surface area contributed by atoms with Gasteiger partial charge in [0.2, 0.25) is 11.8 Å². The van der Waals surface area contributed by atoms with E-state index in [0.717, 1.165) is 15.9 Å². The minimum absolute atomic E-state index is 0.0290. The first kappa shape index (κ1) is 30.1. The number of sulfonamides is 1. The van der Waals surface area contributed by atoms with Crippen LogP contribution >= 0.6 is 11.6 Å². The molecule has 0 heterocycles. The SMILES string of the molecule is CC[C@@H](C(=O)NC(C)C)N(CCc1ccccc1)C(=O)CN(c1ccc(F)c(Cl)c1)S(=O)(=O)c1ccccc1. The van der Waals surface area contributed by atoms with Crippen LogP contribution in [-0.2, 0) is 26.0 Å². The second-order valence-corrected chi connectivity index (χ2v) is 11.6. The summed E-state index contributed by atoms with van der Waals surface area (Å²) < 4.78 is 42.3. The lowest BCUT2D eigenvalue weighted by atomic mass is 10.1. The quantitative estimate of drug-likeness (QED) is 0.328. The number of hydrogen-bond acceptors (Lipinski definition) is 4. The van der Waals surface area contributed by atoms with Crippen molar-refractivity contribution in [1.29, 1.82) is 0 Å². The van der Waals surface area contributed by atoms with Crippen LogP contribution in [0.15, 0.2) is 83.8 Å². The van der Waals surface area contributed by atoms with Crippen LogP contribution in [0.1, 0.15) is 32.8 Å². The number of amides is 2. The van der Waals surface area contributed by atoms with Gasteiger partial charge in [-0.1, -0.05) is 67.1 Å². The number of rotatable bonds is 12. The lowest BCUT2D eigenvalue weighted by Crippen LogP contribution is -2.54. The molecule has 0 unspecified atom stereocenters. The Morgan fingerprint density at radius 2 is 1.59 bits per heavy atom. The second-order valence-electron chi connectivity index (χ2n) is 9.33. The molecule has 2 amide bonds. The summed E-state index contributed by atoms with van der Waals surface area (Å²) >= 11 is 5.99. The maximum Gasteiger partial charge on any atom is 0.264 e. The average Bonchev–Trinajstić information content (AvgIpc) is 2.91. The van der Waals surface area contributed by atoms with E-state index in [0.29, 0.717) is 12.8 Å². The van der Waals surface area contributed by atoms with E-state index in [-0.39, 0.29) is 34.1 Å². The number of anilines is 1. The molecule has 208 valence electrons. The van der Waals surface area contributed by atoms with Gasteiger partial charge in [-0.25, -0.2) is 12.8 Å². The number of nitrogens with zero attached hydrogens (tertiary/aromatic N) is 2. The molecule has 0 radical (unpaired) electrons. The molecule has 0 saturated carbocycles. The van der Waals surface area contributed by atoms with E-state index in [1.165, 1.54) is 29.2 Å². The number of nitrogens with one attached hydrogen (secondary N) is 1. The number of halogens is 2. The zero-order valence-electron chi connectivity index (χ0n) is 22.2. The third-order valence-electron chi connectivity index (χ3n) is 6.10. The number of hydrogen-bond donors (Lipinski definition) is 1.